The van der Waals surface area contributed by atoms with Crippen LogP contribution < -0.4 is 0 Å². The summed E-state index contributed by atoms with van der Waals surface area (Å²) in [6.45, 7) is 6.72. The standard InChI is InChI=1S/C17H21N3O4/c1-12-11-23-13(2)10-19(12)7-6-17-18-9-16(24-17)14-4-3-5-15(8-14)20(21)22/h3-5,8-9,12-13H,6-7,10-11H2,1-2H3/t12-,13+/m1/s1. The molecule has 1 saturated heterocycles. The number of aromatic nitrogens is 1. The second-order valence-corrected chi connectivity index (χ2v) is 6.16. The topological polar surface area (TPSA) is 81.6 Å². The number of morpholine rings is 1. The van der Waals surface area contributed by atoms with Gasteiger partial charge >= 0.3 is 0 Å². The summed E-state index contributed by atoms with van der Waals surface area (Å²) in [5, 5.41) is 10.9. The molecule has 1 aliphatic rings. The molecule has 0 spiro atoms. The monoisotopic (exact) mass is 331 g/mol. The van der Waals surface area contributed by atoms with Gasteiger partial charge in [0.15, 0.2) is 11.7 Å². The summed E-state index contributed by atoms with van der Waals surface area (Å²) in [5.41, 5.74) is 0.706. The first-order valence-corrected chi connectivity index (χ1v) is 8.08. The van der Waals surface area contributed by atoms with Gasteiger partial charge < -0.3 is 9.15 Å². The predicted octanol–water partition coefficient (Wildman–Crippen LogP) is 2.90. The summed E-state index contributed by atoms with van der Waals surface area (Å²) in [5.74, 6) is 1.19. The van der Waals surface area contributed by atoms with Crippen molar-refractivity contribution < 1.29 is 14.1 Å². The molecule has 0 N–H and O–H groups in total. The molecule has 1 aliphatic heterocycles. The van der Waals surface area contributed by atoms with Crippen molar-refractivity contribution in [2.24, 2.45) is 0 Å². The maximum Gasteiger partial charge on any atom is 0.270 e. The van der Waals surface area contributed by atoms with E-state index in [4.69, 9.17) is 9.15 Å². The van der Waals surface area contributed by atoms with Crippen LogP contribution in [0.2, 0.25) is 0 Å². The Labute approximate surface area is 140 Å². The second-order valence-electron chi connectivity index (χ2n) is 6.16. The zero-order valence-electron chi connectivity index (χ0n) is 13.8. The third-order valence-corrected chi connectivity index (χ3v) is 4.24. The number of non-ortho nitro benzene ring substituents is 1. The molecule has 2 atom stereocenters. The fourth-order valence-corrected chi connectivity index (χ4v) is 2.85. The molecule has 1 aromatic carbocycles. The van der Waals surface area contributed by atoms with Gasteiger partial charge in [-0.1, -0.05) is 12.1 Å². The van der Waals surface area contributed by atoms with Crippen LogP contribution >= 0.6 is 0 Å². The molecule has 0 amide bonds. The van der Waals surface area contributed by atoms with Gasteiger partial charge in [0.05, 0.1) is 23.8 Å². The van der Waals surface area contributed by atoms with Crippen molar-refractivity contribution in [3.8, 4) is 11.3 Å². The van der Waals surface area contributed by atoms with Gasteiger partial charge in [0, 0.05) is 43.2 Å². The fraction of sp³-hybridized carbons (Fsp3) is 0.471. The second kappa shape index (κ2) is 7.11. The SMILES string of the molecule is C[C@@H]1CO[C@@H](C)CN1CCc1ncc(-c2cccc([N+](=O)[O-])c2)o1. The van der Waals surface area contributed by atoms with Crippen molar-refractivity contribution in [1.82, 2.24) is 9.88 Å². The zero-order chi connectivity index (χ0) is 17.1. The number of hydrogen-bond donors (Lipinski definition) is 0. The largest absolute Gasteiger partial charge is 0.441 e. The highest BCUT2D eigenvalue weighted by atomic mass is 16.6. The van der Waals surface area contributed by atoms with Crippen molar-refractivity contribution in [3.05, 3.63) is 46.5 Å². The minimum atomic E-state index is -0.415. The van der Waals surface area contributed by atoms with Crippen LogP contribution in [0.15, 0.2) is 34.9 Å². The minimum Gasteiger partial charge on any atom is -0.441 e. The van der Waals surface area contributed by atoms with E-state index in [1.165, 1.54) is 12.1 Å². The number of hydrogen-bond acceptors (Lipinski definition) is 6. The number of oxazole rings is 1. The van der Waals surface area contributed by atoms with E-state index in [1.807, 2.05) is 0 Å². The zero-order valence-corrected chi connectivity index (χ0v) is 13.8. The molecule has 3 rings (SSSR count). The first-order valence-electron chi connectivity index (χ1n) is 8.08. The van der Waals surface area contributed by atoms with Gasteiger partial charge in [0.2, 0.25) is 0 Å². The lowest BCUT2D eigenvalue weighted by molar-refractivity contribution is -0.384. The fourth-order valence-electron chi connectivity index (χ4n) is 2.85. The van der Waals surface area contributed by atoms with Gasteiger partial charge in [0.25, 0.3) is 5.69 Å². The van der Waals surface area contributed by atoms with Gasteiger partial charge in [-0.25, -0.2) is 4.98 Å². The molecule has 2 heterocycles. The Morgan fingerprint density at radius 3 is 3.04 bits per heavy atom. The Morgan fingerprint density at radius 2 is 2.25 bits per heavy atom. The van der Waals surface area contributed by atoms with Crippen LogP contribution in [0.25, 0.3) is 11.3 Å². The highest BCUT2D eigenvalue weighted by molar-refractivity contribution is 5.60. The molecule has 0 saturated carbocycles. The predicted molar refractivity (Wildman–Crippen MR) is 88.7 cm³/mol. The van der Waals surface area contributed by atoms with E-state index in [1.54, 1.807) is 18.3 Å². The molecule has 128 valence electrons. The molecule has 1 fully saturated rings. The van der Waals surface area contributed by atoms with Crippen LogP contribution in [0.5, 0.6) is 0 Å². The van der Waals surface area contributed by atoms with Crippen LogP contribution in [-0.2, 0) is 11.2 Å². The van der Waals surface area contributed by atoms with E-state index in [9.17, 15) is 10.1 Å². The Morgan fingerprint density at radius 1 is 1.42 bits per heavy atom. The Hall–Kier alpha value is -2.25. The van der Waals surface area contributed by atoms with E-state index in [-0.39, 0.29) is 11.8 Å². The van der Waals surface area contributed by atoms with Crippen molar-refractivity contribution >= 4 is 5.69 Å². The number of benzene rings is 1. The normalized spacial score (nSPS) is 21.8. The highest BCUT2D eigenvalue weighted by Gasteiger charge is 2.23. The van der Waals surface area contributed by atoms with E-state index in [0.29, 0.717) is 29.7 Å². The summed E-state index contributed by atoms with van der Waals surface area (Å²) >= 11 is 0. The lowest BCUT2D eigenvalue weighted by Gasteiger charge is -2.36. The van der Waals surface area contributed by atoms with E-state index >= 15 is 0 Å². The van der Waals surface area contributed by atoms with Gasteiger partial charge in [-0.05, 0) is 13.8 Å². The summed E-state index contributed by atoms with van der Waals surface area (Å²) in [6, 6.07) is 6.76. The quantitative estimate of drug-likeness (QED) is 0.619. The molecule has 24 heavy (non-hydrogen) atoms. The smallest absolute Gasteiger partial charge is 0.270 e. The Kier molecular flexibility index (Phi) is 4.92. The number of rotatable bonds is 5. The molecule has 1 aromatic heterocycles. The van der Waals surface area contributed by atoms with Gasteiger partial charge in [-0.3, -0.25) is 15.0 Å². The van der Waals surface area contributed by atoms with Crippen LogP contribution in [0.4, 0.5) is 5.69 Å². The minimum absolute atomic E-state index is 0.0431. The van der Waals surface area contributed by atoms with Gasteiger partial charge in [-0.15, -0.1) is 0 Å². The third kappa shape index (κ3) is 3.80. The summed E-state index contributed by atoms with van der Waals surface area (Å²) < 4.78 is 11.4. The third-order valence-electron chi connectivity index (χ3n) is 4.24. The molecule has 2 aromatic rings. The lowest BCUT2D eigenvalue weighted by atomic mass is 10.2. The molecule has 0 radical (unpaired) electrons. The molecular weight excluding hydrogens is 310 g/mol. The van der Waals surface area contributed by atoms with Crippen molar-refractivity contribution in [2.45, 2.75) is 32.4 Å². The maximum absolute atomic E-state index is 10.9. The van der Waals surface area contributed by atoms with Crippen molar-refractivity contribution in [1.29, 1.82) is 0 Å². The van der Waals surface area contributed by atoms with Gasteiger partial charge in [0.1, 0.15) is 0 Å². The number of nitro groups is 1. The highest BCUT2D eigenvalue weighted by Crippen LogP contribution is 2.24. The molecular formula is C17H21N3O4. The lowest BCUT2D eigenvalue weighted by Crippen LogP contribution is -2.47. The Bertz CT molecular complexity index is 715. The molecule has 7 nitrogen and oxygen atoms in total. The average molecular weight is 331 g/mol. The van der Waals surface area contributed by atoms with Crippen molar-refractivity contribution in [2.75, 3.05) is 19.7 Å². The first kappa shape index (κ1) is 16.6. The summed E-state index contributed by atoms with van der Waals surface area (Å²) in [6.07, 6.45) is 2.57. The van der Waals surface area contributed by atoms with E-state index < -0.39 is 4.92 Å². The first-order chi connectivity index (χ1) is 11.5. The van der Waals surface area contributed by atoms with Crippen LogP contribution in [0, 0.1) is 10.1 Å². The molecule has 7 heteroatoms. The summed E-state index contributed by atoms with van der Waals surface area (Å²) in [4.78, 5) is 17.1. The van der Waals surface area contributed by atoms with E-state index in [2.05, 4.69) is 23.7 Å². The number of ether oxygens (including phenoxy) is 1. The molecule has 0 unspecified atom stereocenters. The van der Waals surface area contributed by atoms with E-state index in [0.717, 1.165) is 19.7 Å². The molecule has 0 aliphatic carbocycles. The number of nitro benzene ring substituents is 1. The van der Waals surface area contributed by atoms with Crippen LogP contribution in [0.3, 0.4) is 0 Å². The average Bonchev–Trinajstić information content (AvgIpc) is 3.05. The van der Waals surface area contributed by atoms with Crippen LogP contribution in [-0.4, -0.2) is 46.6 Å². The molecule has 0 bridgehead atoms. The van der Waals surface area contributed by atoms with Gasteiger partial charge in [-0.2, -0.15) is 0 Å². The summed E-state index contributed by atoms with van der Waals surface area (Å²) in [7, 11) is 0. The Balaban J connectivity index is 1.65. The maximum atomic E-state index is 10.9. The van der Waals surface area contributed by atoms with Crippen molar-refractivity contribution in [3.63, 3.8) is 0 Å². The number of nitrogens with zero attached hydrogens (tertiary/aromatic N) is 3. The van der Waals surface area contributed by atoms with Crippen LogP contribution in [0.1, 0.15) is 19.7 Å².